The molecule has 0 aliphatic rings. The average molecular weight is 114 g/mol. The zero-order valence-corrected chi connectivity index (χ0v) is 4.69. The molecule has 7 heavy (non-hydrogen) atoms. The zero-order chi connectivity index (χ0) is 5.70. The van der Waals surface area contributed by atoms with Gasteiger partial charge < -0.3 is 0 Å². The minimum absolute atomic E-state index is 0.398. The van der Waals surface area contributed by atoms with E-state index >= 15 is 0 Å². The Kier molecular flexibility index (Phi) is 3.42. The number of hydrogen-bond acceptors (Lipinski definition) is 2. The maximum absolute atomic E-state index is 9.70. The number of carbonyl (C=O) groups is 1. The number of thiol groups is 1. The maximum atomic E-state index is 9.70. The van der Waals surface area contributed by atoms with Gasteiger partial charge in [-0.1, -0.05) is 12.7 Å². The van der Waals surface area contributed by atoms with Gasteiger partial charge in [0.25, 0.3) is 0 Å². The van der Waals surface area contributed by atoms with Gasteiger partial charge in [-0.25, -0.2) is 0 Å². The molecule has 0 spiro atoms. The molecular formula is C5H6OS. The first kappa shape index (κ1) is 6.50. The molecule has 0 saturated carbocycles. The number of aldehydes is 1. The Bertz CT molecular complexity index is 105. The predicted molar refractivity (Wildman–Crippen MR) is 33.3 cm³/mol. The molecule has 1 nitrogen and oxygen atoms in total. The largest absolute Gasteiger partial charge is 0.297 e. The standard InChI is InChI=1S/C5H6OS/c1-2-3-5(7)4-6/h2-4,7H,1H2/b5-3-. The molecule has 0 heterocycles. The summed E-state index contributed by atoms with van der Waals surface area (Å²) in [5, 5.41) is 0. The average Bonchev–Trinajstić information content (AvgIpc) is 1.68. The zero-order valence-electron chi connectivity index (χ0n) is 3.79. The van der Waals surface area contributed by atoms with Crippen LogP contribution in [0.2, 0.25) is 0 Å². The Hall–Kier alpha value is -0.500. The monoisotopic (exact) mass is 114 g/mol. The Morgan fingerprint density at radius 3 is 2.43 bits per heavy atom. The van der Waals surface area contributed by atoms with Gasteiger partial charge in [-0.3, -0.25) is 4.79 Å². The molecule has 0 radical (unpaired) electrons. The van der Waals surface area contributed by atoms with E-state index < -0.39 is 0 Å². The highest BCUT2D eigenvalue weighted by molar-refractivity contribution is 7.85. The van der Waals surface area contributed by atoms with Crippen molar-refractivity contribution in [2.24, 2.45) is 0 Å². The quantitative estimate of drug-likeness (QED) is 0.247. The molecule has 38 valence electrons. The summed E-state index contributed by atoms with van der Waals surface area (Å²) in [6.45, 7) is 3.36. The highest BCUT2D eigenvalue weighted by Gasteiger charge is 1.75. The van der Waals surface area contributed by atoms with E-state index in [2.05, 4.69) is 19.2 Å². The maximum Gasteiger partial charge on any atom is 0.156 e. The van der Waals surface area contributed by atoms with Gasteiger partial charge in [0.05, 0.1) is 0 Å². The number of carbonyl (C=O) groups excluding carboxylic acids is 1. The first-order valence-electron chi connectivity index (χ1n) is 1.78. The topological polar surface area (TPSA) is 17.1 Å². The van der Waals surface area contributed by atoms with Crippen molar-refractivity contribution in [3.63, 3.8) is 0 Å². The van der Waals surface area contributed by atoms with Crippen molar-refractivity contribution in [1.82, 2.24) is 0 Å². The fourth-order valence-electron chi connectivity index (χ4n) is 0.160. The fourth-order valence-corrected chi connectivity index (χ4v) is 0.265. The third-order valence-corrected chi connectivity index (χ3v) is 0.664. The summed E-state index contributed by atoms with van der Waals surface area (Å²) in [6.07, 6.45) is 3.69. The SMILES string of the molecule is C=C/C=C(\S)C=O. The van der Waals surface area contributed by atoms with Crippen molar-refractivity contribution >= 4 is 18.9 Å². The molecular weight excluding hydrogens is 108 g/mol. The van der Waals surface area contributed by atoms with E-state index in [4.69, 9.17) is 0 Å². The summed E-state index contributed by atoms with van der Waals surface area (Å²) in [5.74, 6) is 0. The molecule has 0 aromatic rings. The lowest BCUT2D eigenvalue weighted by Gasteiger charge is -1.74. The van der Waals surface area contributed by atoms with Crippen LogP contribution in [0.3, 0.4) is 0 Å². The van der Waals surface area contributed by atoms with Gasteiger partial charge in [-0.05, 0) is 6.08 Å². The number of hydrogen-bond donors (Lipinski definition) is 1. The molecule has 0 aliphatic heterocycles. The van der Waals surface area contributed by atoms with E-state index in [9.17, 15) is 4.79 Å². The summed E-state index contributed by atoms with van der Waals surface area (Å²) in [6, 6.07) is 0. The Morgan fingerprint density at radius 1 is 1.71 bits per heavy atom. The summed E-state index contributed by atoms with van der Waals surface area (Å²) in [7, 11) is 0. The van der Waals surface area contributed by atoms with Crippen LogP contribution in [0.25, 0.3) is 0 Å². The molecule has 0 bridgehead atoms. The summed E-state index contributed by atoms with van der Waals surface area (Å²) in [4.78, 5) is 10.1. The van der Waals surface area contributed by atoms with Crippen LogP contribution in [-0.4, -0.2) is 6.29 Å². The minimum Gasteiger partial charge on any atom is -0.297 e. The lowest BCUT2D eigenvalue weighted by atomic mass is 10.5. The van der Waals surface area contributed by atoms with Gasteiger partial charge >= 0.3 is 0 Å². The molecule has 0 unspecified atom stereocenters. The molecule has 0 rings (SSSR count). The van der Waals surface area contributed by atoms with Crippen molar-refractivity contribution < 1.29 is 4.79 Å². The van der Waals surface area contributed by atoms with Gasteiger partial charge in [-0.15, -0.1) is 12.6 Å². The van der Waals surface area contributed by atoms with Gasteiger partial charge in [0.1, 0.15) is 0 Å². The first-order chi connectivity index (χ1) is 3.31. The third-order valence-electron chi connectivity index (χ3n) is 0.409. The van der Waals surface area contributed by atoms with Crippen LogP contribution in [-0.2, 0) is 4.79 Å². The normalized spacial score (nSPS) is 10.7. The third kappa shape index (κ3) is 3.33. The second kappa shape index (κ2) is 3.68. The molecule has 0 atom stereocenters. The van der Waals surface area contributed by atoms with Gasteiger partial charge in [0.2, 0.25) is 0 Å². The van der Waals surface area contributed by atoms with Crippen LogP contribution in [0, 0.1) is 0 Å². The lowest BCUT2D eigenvalue weighted by Crippen LogP contribution is -1.66. The highest BCUT2D eigenvalue weighted by Crippen LogP contribution is 1.92. The second-order valence-electron chi connectivity index (χ2n) is 0.945. The van der Waals surface area contributed by atoms with Crippen molar-refractivity contribution in [3.8, 4) is 0 Å². The van der Waals surface area contributed by atoms with Crippen molar-refractivity contribution in [1.29, 1.82) is 0 Å². The fraction of sp³-hybridized carbons (Fsp3) is 0. The van der Waals surface area contributed by atoms with Crippen molar-refractivity contribution in [2.45, 2.75) is 0 Å². The van der Waals surface area contributed by atoms with E-state index in [0.717, 1.165) is 0 Å². The second-order valence-corrected chi connectivity index (χ2v) is 1.46. The van der Waals surface area contributed by atoms with Gasteiger partial charge in [0.15, 0.2) is 6.29 Å². The smallest absolute Gasteiger partial charge is 0.156 e. The summed E-state index contributed by atoms with van der Waals surface area (Å²) >= 11 is 3.73. The minimum atomic E-state index is 0.398. The van der Waals surface area contributed by atoms with E-state index in [-0.39, 0.29) is 0 Å². The molecule has 0 amide bonds. The van der Waals surface area contributed by atoms with Crippen molar-refractivity contribution in [2.75, 3.05) is 0 Å². The molecule has 0 aromatic heterocycles. The van der Waals surface area contributed by atoms with Crippen molar-refractivity contribution in [3.05, 3.63) is 23.6 Å². The van der Waals surface area contributed by atoms with Crippen LogP contribution < -0.4 is 0 Å². The van der Waals surface area contributed by atoms with Crippen LogP contribution in [0.15, 0.2) is 23.6 Å². The van der Waals surface area contributed by atoms with Crippen LogP contribution >= 0.6 is 12.6 Å². The highest BCUT2D eigenvalue weighted by atomic mass is 32.1. The van der Waals surface area contributed by atoms with Crippen LogP contribution in [0.5, 0.6) is 0 Å². The molecule has 0 aliphatic carbocycles. The number of allylic oxidation sites excluding steroid dienone is 3. The van der Waals surface area contributed by atoms with Gasteiger partial charge in [0, 0.05) is 4.91 Å². The Balaban J connectivity index is 3.72. The van der Waals surface area contributed by atoms with Crippen LogP contribution in [0.4, 0.5) is 0 Å². The molecule has 0 saturated heterocycles. The Labute approximate surface area is 48.1 Å². The Morgan fingerprint density at radius 2 is 2.29 bits per heavy atom. The van der Waals surface area contributed by atoms with Gasteiger partial charge in [-0.2, -0.15) is 0 Å². The molecule has 0 N–H and O–H groups in total. The summed E-state index contributed by atoms with van der Waals surface area (Å²) < 4.78 is 0. The van der Waals surface area contributed by atoms with E-state index in [1.54, 1.807) is 0 Å². The van der Waals surface area contributed by atoms with E-state index in [1.807, 2.05) is 0 Å². The molecule has 2 heteroatoms. The molecule has 0 fully saturated rings. The first-order valence-corrected chi connectivity index (χ1v) is 2.23. The summed E-state index contributed by atoms with van der Waals surface area (Å²) in [5.41, 5.74) is 0. The predicted octanol–water partition coefficient (Wildman–Crippen LogP) is 1.18. The van der Waals surface area contributed by atoms with E-state index in [0.29, 0.717) is 11.2 Å². The van der Waals surface area contributed by atoms with E-state index in [1.165, 1.54) is 12.2 Å². The van der Waals surface area contributed by atoms with Crippen LogP contribution in [0.1, 0.15) is 0 Å². The number of rotatable bonds is 2. The lowest BCUT2D eigenvalue weighted by molar-refractivity contribution is -0.104. The molecule has 0 aromatic carbocycles.